The molecule has 1 heterocycles. The molecule has 0 saturated carbocycles. The number of ether oxygens (including phenoxy) is 1. The summed E-state index contributed by atoms with van der Waals surface area (Å²) in [4.78, 5) is 24.3. The topological polar surface area (TPSA) is 66.8 Å². The number of carboxylic acids is 1. The summed E-state index contributed by atoms with van der Waals surface area (Å²) in [6.45, 7) is 7.56. The number of benzene rings is 1. The number of carboxylic acid groups (broad SMARTS) is 1. The number of carbonyl (C=O) groups is 2. The molecule has 1 aliphatic heterocycles. The molecule has 0 aromatic heterocycles. The van der Waals surface area contributed by atoms with E-state index in [1.54, 1.807) is 4.90 Å². The van der Waals surface area contributed by atoms with Gasteiger partial charge in [-0.15, -0.1) is 0 Å². The van der Waals surface area contributed by atoms with Gasteiger partial charge in [-0.3, -0.25) is 9.59 Å². The molecule has 6 heteroatoms. The molecular formula is C19H26ClNO4. The Bertz CT molecular complexity index is 631. The van der Waals surface area contributed by atoms with Crippen molar-refractivity contribution in [3.63, 3.8) is 0 Å². The van der Waals surface area contributed by atoms with Gasteiger partial charge in [-0.1, -0.05) is 32.4 Å². The number of hydrogen-bond donors (Lipinski definition) is 1. The van der Waals surface area contributed by atoms with Crippen LogP contribution in [0.15, 0.2) is 18.2 Å². The molecule has 5 nitrogen and oxygen atoms in total. The first-order chi connectivity index (χ1) is 11.7. The maximum Gasteiger partial charge on any atom is 0.303 e. The van der Waals surface area contributed by atoms with Crippen LogP contribution >= 0.6 is 11.6 Å². The molecule has 1 aliphatic rings. The van der Waals surface area contributed by atoms with E-state index < -0.39 is 5.97 Å². The van der Waals surface area contributed by atoms with Crippen molar-refractivity contribution in [1.29, 1.82) is 0 Å². The molecule has 138 valence electrons. The van der Waals surface area contributed by atoms with Crippen LogP contribution < -0.4 is 4.74 Å². The third-order valence-corrected chi connectivity index (χ3v) is 4.63. The lowest BCUT2D eigenvalue weighted by molar-refractivity contribution is -0.141. The van der Waals surface area contributed by atoms with Gasteiger partial charge >= 0.3 is 5.97 Å². The number of carbonyl (C=O) groups excluding carboxylic acids is 1. The molecule has 25 heavy (non-hydrogen) atoms. The second kappa shape index (κ2) is 8.09. The highest BCUT2D eigenvalue weighted by molar-refractivity contribution is 6.30. The smallest absolute Gasteiger partial charge is 0.303 e. The van der Waals surface area contributed by atoms with E-state index in [9.17, 15) is 9.59 Å². The van der Waals surface area contributed by atoms with E-state index in [1.165, 1.54) is 0 Å². The van der Waals surface area contributed by atoms with Crippen LogP contribution in [0.25, 0.3) is 0 Å². The Morgan fingerprint density at radius 3 is 2.44 bits per heavy atom. The van der Waals surface area contributed by atoms with E-state index in [0.29, 0.717) is 18.1 Å². The predicted octanol–water partition coefficient (Wildman–Crippen LogP) is 3.87. The lowest BCUT2D eigenvalue weighted by Crippen LogP contribution is -2.42. The van der Waals surface area contributed by atoms with Crippen molar-refractivity contribution in [3.05, 3.63) is 28.8 Å². The standard InChI is InChI=1S/C19H26ClNO4/c1-19(2,3)15-12-13(20)4-5-16(15)25-14-8-10-21(11-9-14)17(22)6-7-18(23)24/h4-5,12,14H,6-11H2,1-3H3,(H,23,24). The Hall–Kier alpha value is -1.75. The molecule has 0 bridgehead atoms. The van der Waals surface area contributed by atoms with Crippen LogP contribution in [0.3, 0.4) is 0 Å². The first kappa shape index (κ1) is 19.6. The average Bonchev–Trinajstić information content (AvgIpc) is 2.54. The molecule has 1 N–H and O–H groups in total. The van der Waals surface area contributed by atoms with Gasteiger partial charge in [0.25, 0.3) is 0 Å². The van der Waals surface area contributed by atoms with Crippen LogP contribution in [0, 0.1) is 0 Å². The number of nitrogens with zero attached hydrogens (tertiary/aromatic N) is 1. The minimum absolute atomic E-state index is 0.0470. The molecular weight excluding hydrogens is 342 g/mol. The van der Waals surface area contributed by atoms with Crippen molar-refractivity contribution in [3.8, 4) is 5.75 Å². The Morgan fingerprint density at radius 1 is 1.24 bits per heavy atom. The molecule has 0 aliphatic carbocycles. The molecule has 1 aromatic carbocycles. The molecule has 0 radical (unpaired) electrons. The molecule has 0 unspecified atom stereocenters. The van der Waals surface area contributed by atoms with Crippen LogP contribution in [0.4, 0.5) is 0 Å². The van der Waals surface area contributed by atoms with Crippen molar-refractivity contribution in [1.82, 2.24) is 4.90 Å². The lowest BCUT2D eigenvalue weighted by Gasteiger charge is -2.33. The number of aliphatic carboxylic acids is 1. The van der Waals surface area contributed by atoms with Gasteiger partial charge in [0.1, 0.15) is 11.9 Å². The summed E-state index contributed by atoms with van der Waals surface area (Å²) in [5.41, 5.74) is 0.994. The summed E-state index contributed by atoms with van der Waals surface area (Å²) in [6.07, 6.45) is 1.47. The molecule has 2 rings (SSSR count). The summed E-state index contributed by atoms with van der Waals surface area (Å²) < 4.78 is 6.20. The first-order valence-electron chi connectivity index (χ1n) is 8.63. The highest BCUT2D eigenvalue weighted by Crippen LogP contribution is 2.35. The fraction of sp³-hybridized carbons (Fsp3) is 0.579. The van der Waals surface area contributed by atoms with E-state index in [4.69, 9.17) is 21.4 Å². The Labute approximate surface area is 153 Å². The minimum atomic E-state index is -0.941. The Kier molecular flexibility index (Phi) is 6.33. The van der Waals surface area contributed by atoms with Gasteiger partial charge in [-0.25, -0.2) is 0 Å². The molecule has 0 atom stereocenters. The van der Waals surface area contributed by atoms with Crippen molar-refractivity contribution in [2.75, 3.05) is 13.1 Å². The van der Waals surface area contributed by atoms with Crippen LogP contribution in [-0.4, -0.2) is 41.1 Å². The van der Waals surface area contributed by atoms with E-state index in [2.05, 4.69) is 20.8 Å². The number of halogens is 1. The predicted molar refractivity (Wildman–Crippen MR) is 97.3 cm³/mol. The third-order valence-electron chi connectivity index (χ3n) is 4.39. The van der Waals surface area contributed by atoms with Crippen LogP contribution in [0.5, 0.6) is 5.75 Å². The lowest BCUT2D eigenvalue weighted by atomic mass is 9.86. The van der Waals surface area contributed by atoms with Crippen LogP contribution in [-0.2, 0) is 15.0 Å². The summed E-state index contributed by atoms with van der Waals surface area (Å²) in [6, 6.07) is 5.69. The molecule has 1 saturated heterocycles. The van der Waals surface area contributed by atoms with Crippen molar-refractivity contribution in [2.45, 2.75) is 58.0 Å². The van der Waals surface area contributed by atoms with E-state index in [0.717, 1.165) is 24.2 Å². The second-order valence-corrected chi connectivity index (χ2v) is 7.92. The number of hydrogen-bond acceptors (Lipinski definition) is 3. The SMILES string of the molecule is CC(C)(C)c1cc(Cl)ccc1OC1CCN(C(=O)CCC(=O)O)CC1. The summed E-state index contributed by atoms with van der Waals surface area (Å²) in [7, 11) is 0. The quantitative estimate of drug-likeness (QED) is 0.857. The first-order valence-corrected chi connectivity index (χ1v) is 9.01. The number of amides is 1. The van der Waals surface area contributed by atoms with Crippen LogP contribution in [0.2, 0.25) is 5.02 Å². The van der Waals surface area contributed by atoms with Gasteiger partial charge in [0.05, 0.1) is 6.42 Å². The van der Waals surface area contributed by atoms with Gasteiger partial charge < -0.3 is 14.7 Å². The second-order valence-electron chi connectivity index (χ2n) is 7.48. The van der Waals surface area contributed by atoms with Gasteiger partial charge in [0.2, 0.25) is 5.91 Å². The number of rotatable bonds is 5. The average molecular weight is 368 g/mol. The highest BCUT2D eigenvalue weighted by Gasteiger charge is 2.26. The van der Waals surface area contributed by atoms with E-state index >= 15 is 0 Å². The normalized spacial score (nSPS) is 15.9. The Morgan fingerprint density at radius 2 is 1.88 bits per heavy atom. The van der Waals surface area contributed by atoms with Crippen molar-refractivity contribution < 1.29 is 19.4 Å². The van der Waals surface area contributed by atoms with Gasteiger partial charge in [0, 0.05) is 42.9 Å². The van der Waals surface area contributed by atoms with Gasteiger partial charge in [-0.05, 0) is 23.6 Å². The van der Waals surface area contributed by atoms with Gasteiger partial charge in [0.15, 0.2) is 0 Å². The molecule has 1 amide bonds. The summed E-state index contributed by atoms with van der Waals surface area (Å²) in [5.74, 6) is -0.195. The minimum Gasteiger partial charge on any atom is -0.490 e. The number of piperidine rings is 1. The fourth-order valence-corrected chi connectivity index (χ4v) is 3.14. The van der Waals surface area contributed by atoms with Crippen molar-refractivity contribution in [2.24, 2.45) is 0 Å². The van der Waals surface area contributed by atoms with Crippen LogP contribution in [0.1, 0.15) is 52.0 Å². The maximum atomic E-state index is 12.0. The highest BCUT2D eigenvalue weighted by atomic mass is 35.5. The Balaban J connectivity index is 1.94. The zero-order chi connectivity index (χ0) is 18.6. The number of likely N-dealkylation sites (tertiary alicyclic amines) is 1. The fourth-order valence-electron chi connectivity index (χ4n) is 2.97. The summed E-state index contributed by atoms with van der Waals surface area (Å²) in [5, 5.41) is 9.37. The van der Waals surface area contributed by atoms with Gasteiger partial charge in [-0.2, -0.15) is 0 Å². The molecule has 1 aromatic rings. The molecule has 0 spiro atoms. The monoisotopic (exact) mass is 367 g/mol. The van der Waals surface area contributed by atoms with E-state index in [-0.39, 0.29) is 30.3 Å². The van der Waals surface area contributed by atoms with E-state index in [1.807, 2.05) is 18.2 Å². The zero-order valence-corrected chi connectivity index (χ0v) is 15.8. The maximum absolute atomic E-state index is 12.0. The summed E-state index contributed by atoms with van der Waals surface area (Å²) >= 11 is 6.13. The van der Waals surface area contributed by atoms with Crippen molar-refractivity contribution >= 4 is 23.5 Å². The molecule has 1 fully saturated rings. The zero-order valence-electron chi connectivity index (χ0n) is 15.0. The third kappa shape index (κ3) is 5.63. The largest absolute Gasteiger partial charge is 0.490 e.